The summed E-state index contributed by atoms with van der Waals surface area (Å²) in [4.78, 5) is 22.9. The molecule has 0 aliphatic rings. The van der Waals surface area contributed by atoms with Crippen molar-refractivity contribution < 1.29 is 23.7 Å². The van der Waals surface area contributed by atoms with Crippen LogP contribution in [0.5, 0.6) is 0 Å². The molecule has 4 rings (SSSR count). The average molecular weight is 458 g/mol. The molecule has 0 spiro atoms. The molecular formula is C26H22N2O6. The summed E-state index contributed by atoms with van der Waals surface area (Å²) in [6, 6.07) is 17.0. The van der Waals surface area contributed by atoms with Gasteiger partial charge in [0, 0.05) is 35.0 Å². The van der Waals surface area contributed by atoms with Gasteiger partial charge in [0.05, 0.1) is 4.92 Å². The number of aliphatic hydroxyl groups is 1. The average Bonchev–Trinajstić information content (AvgIpc) is 3.47. The molecule has 2 aromatic heterocycles. The van der Waals surface area contributed by atoms with E-state index in [-0.39, 0.29) is 18.2 Å². The van der Waals surface area contributed by atoms with Crippen molar-refractivity contribution >= 4 is 23.4 Å². The summed E-state index contributed by atoms with van der Waals surface area (Å²) in [6.07, 6.45) is 2.93. The van der Waals surface area contributed by atoms with Gasteiger partial charge in [-0.25, -0.2) is 0 Å². The first-order chi connectivity index (χ1) is 16.3. The molecule has 0 aliphatic carbocycles. The Kier molecular flexibility index (Phi) is 6.42. The number of nitro groups is 1. The largest absolute Gasteiger partial charge is 0.459 e. The summed E-state index contributed by atoms with van der Waals surface area (Å²) in [5.41, 5.74) is 3.90. The van der Waals surface area contributed by atoms with E-state index in [1.165, 1.54) is 18.2 Å². The number of non-ortho nitro benzene ring substituents is 1. The number of hydrogen-bond acceptors (Lipinski definition) is 6. The number of nitro benzene ring substituents is 1. The summed E-state index contributed by atoms with van der Waals surface area (Å²) in [6.45, 7) is 3.52. The molecule has 0 bridgehead atoms. The quantitative estimate of drug-likeness (QED) is 0.203. The number of furan rings is 2. The number of benzene rings is 2. The van der Waals surface area contributed by atoms with Crippen LogP contribution >= 0.6 is 0 Å². The summed E-state index contributed by atoms with van der Waals surface area (Å²) >= 11 is 0. The van der Waals surface area contributed by atoms with Crippen molar-refractivity contribution in [2.45, 2.75) is 20.5 Å². The minimum absolute atomic E-state index is 0.0203. The van der Waals surface area contributed by atoms with Crippen LogP contribution < -0.4 is 5.32 Å². The topological polar surface area (TPSA) is 119 Å². The zero-order chi connectivity index (χ0) is 24.2. The van der Waals surface area contributed by atoms with Gasteiger partial charge in [-0.2, -0.15) is 0 Å². The third-order valence-electron chi connectivity index (χ3n) is 5.29. The Balaban J connectivity index is 1.42. The third-order valence-corrected chi connectivity index (χ3v) is 5.29. The van der Waals surface area contributed by atoms with Crippen molar-refractivity contribution in [3.63, 3.8) is 0 Å². The Morgan fingerprint density at radius 2 is 1.65 bits per heavy atom. The monoisotopic (exact) mass is 458 g/mol. The number of rotatable bonds is 7. The highest BCUT2D eigenvalue weighted by atomic mass is 16.6. The van der Waals surface area contributed by atoms with Crippen LogP contribution in [0.2, 0.25) is 0 Å². The lowest BCUT2D eigenvalue weighted by atomic mass is 10.1. The van der Waals surface area contributed by atoms with Gasteiger partial charge in [0.1, 0.15) is 29.6 Å². The van der Waals surface area contributed by atoms with E-state index < -0.39 is 4.92 Å². The van der Waals surface area contributed by atoms with Gasteiger partial charge < -0.3 is 19.3 Å². The first-order valence-electron chi connectivity index (χ1n) is 10.5. The van der Waals surface area contributed by atoms with Crippen LogP contribution in [0.1, 0.15) is 22.6 Å². The van der Waals surface area contributed by atoms with Gasteiger partial charge in [-0.3, -0.25) is 14.9 Å². The summed E-state index contributed by atoms with van der Waals surface area (Å²) in [7, 11) is 0. The van der Waals surface area contributed by atoms with Gasteiger partial charge >= 0.3 is 0 Å². The van der Waals surface area contributed by atoms with E-state index >= 15 is 0 Å². The van der Waals surface area contributed by atoms with E-state index in [0.29, 0.717) is 28.7 Å². The molecule has 0 atom stereocenters. The zero-order valence-corrected chi connectivity index (χ0v) is 18.6. The van der Waals surface area contributed by atoms with Crippen molar-refractivity contribution in [1.82, 2.24) is 0 Å². The molecular weight excluding hydrogens is 436 g/mol. The molecule has 2 aromatic carbocycles. The van der Waals surface area contributed by atoms with Crippen molar-refractivity contribution in [3.05, 3.63) is 99.5 Å². The normalized spacial score (nSPS) is 11.1. The zero-order valence-electron chi connectivity index (χ0n) is 18.6. The van der Waals surface area contributed by atoms with E-state index in [4.69, 9.17) is 13.9 Å². The smallest absolute Gasteiger partial charge is 0.269 e. The predicted octanol–water partition coefficient (Wildman–Crippen LogP) is 5.88. The van der Waals surface area contributed by atoms with E-state index in [9.17, 15) is 14.9 Å². The van der Waals surface area contributed by atoms with Crippen LogP contribution in [0.25, 0.3) is 28.7 Å². The highest BCUT2D eigenvalue weighted by molar-refractivity contribution is 6.02. The molecule has 0 radical (unpaired) electrons. The van der Waals surface area contributed by atoms with Gasteiger partial charge in [0.15, 0.2) is 0 Å². The fourth-order valence-corrected chi connectivity index (χ4v) is 3.59. The highest BCUT2D eigenvalue weighted by Gasteiger charge is 2.12. The van der Waals surface area contributed by atoms with Crippen LogP contribution in [0.4, 0.5) is 11.4 Å². The Hall–Kier alpha value is -4.43. The molecule has 4 aromatic rings. The molecule has 2 heterocycles. The van der Waals surface area contributed by atoms with Gasteiger partial charge in [-0.1, -0.05) is 0 Å². The highest BCUT2D eigenvalue weighted by Crippen LogP contribution is 2.29. The van der Waals surface area contributed by atoms with Gasteiger partial charge in [0.25, 0.3) is 5.69 Å². The Morgan fingerprint density at radius 3 is 2.29 bits per heavy atom. The molecule has 172 valence electrons. The van der Waals surface area contributed by atoms with Crippen molar-refractivity contribution in [3.8, 4) is 22.6 Å². The van der Waals surface area contributed by atoms with Crippen LogP contribution in [0, 0.1) is 24.0 Å². The van der Waals surface area contributed by atoms with E-state index in [2.05, 4.69) is 5.32 Å². The maximum absolute atomic E-state index is 12.4. The molecule has 0 aliphatic heterocycles. The molecule has 0 saturated carbocycles. The summed E-state index contributed by atoms with van der Waals surface area (Å²) in [5.74, 6) is 1.85. The van der Waals surface area contributed by atoms with Gasteiger partial charge in [-0.05, 0) is 79.6 Å². The molecule has 8 heteroatoms. The fourth-order valence-electron chi connectivity index (χ4n) is 3.59. The number of carbonyl (C=O) groups is 1. The standard InChI is InChI=1S/C26H22N2O6/c1-16-13-18(3-8-22(16)25-11-6-21(15-29)34-25)27-26(30)12-7-20-5-10-24(33-20)23-9-4-19(28(31)32)14-17(23)2/h3-14,29H,15H2,1-2H3,(H,27,30)/b12-7+. The number of anilines is 1. The van der Waals surface area contributed by atoms with Crippen LogP contribution in [0.3, 0.4) is 0 Å². The van der Waals surface area contributed by atoms with Crippen molar-refractivity contribution in [2.75, 3.05) is 5.32 Å². The fraction of sp³-hybridized carbons (Fsp3) is 0.115. The maximum Gasteiger partial charge on any atom is 0.269 e. The molecule has 0 unspecified atom stereocenters. The molecule has 2 N–H and O–H groups in total. The van der Waals surface area contributed by atoms with Crippen molar-refractivity contribution in [1.29, 1.82) is 0 Å². The van der Waals surface area contributed by atoms with Gasteiger partial charge in [0.2, 0.25) is 5.91 Å². The Morgan fingerprint density at radius 1 is 0.971 bits per heavy atom. The molecule has 0 fully saturated rings. The minimum atomic E-state index is -0.440. The van der Waals surface area contributed by atoms with E-state index in [1.807, 2.05) is 19.1 Å². The lowest BCUT2D eigenvalue weighted by Gasteiger charge is -2.07. The van der Waals surface area contributed by atoms with Crippen LogP contribution in [0.15, 0.2) is 75.6 Å². The second-order valence-electron chi connectivity index (χ2n) is 7.73. The number of aliphatic hydroxyl groups excluding tert-OH is 1. The summed E-state index contributed by atoms with van der Waals surface area (Å²) < 4.78 is 11.4. The van der Waals surface area contributed by atoms with E-state index in [0.717, 1.165) is 22.3 Å². The van der Waals surface area contributed by atoms with E-state index in [1.54, 1.807) is 49.4 Å². The second-order valence-corrected chi connectivity index (χ2v) is 7.73. The van der Waals surface area contributed by atoms with Crippen LogP contribution in [-0.2, 0) is 11.4 Å². The second kappa shape index (κ2) is 9.60. The maximum atomic E-state index is 12.4. The number of nitrogens with zero attached hydrogens (tertiary/aromatic N) is 1. The minimum Gasteiger partial charge on any atom is -0.459 e. The Bertz CT molecular complexity index is 1400. The third kappa shape index (κ3) is 4.97. The van der Waals surface area contributed by atoms with Crippen LogP contribution in [-0.4, -0.2) is 15.9 Å². The number of hydrogen-bond donors (Lipinski definition) is 2. The number of amides is 1. The SMILES string of the molecule is Cc1cc([N+](=O)[O-])ccc1-c1ccc(/C=C/C(=O)Nc2ccc(-c3ccc(CO)o3)c(C)c2)o1. The molecule has 34 heavy (non-hydrogen) atoms. The first-order valence-corrected chi connectivity index (χ1v) is 10.5. The molecule has 0 saturated heterocycles. The number of carbonyl (C=O) groups excluding carboxylic acids is 1. The first kappa shape index (κ1) is 22.8. The Labute approximate surface area is 195 Å². The van der Waals surface area contributed by atoms with Gasteiger partial charge in [-0.15, -0.1) is 0 Å². The lowest BCUT2D eigenvalue weighted by Crippen LogP contribution is -2.07. The number of nitrogens with one attached hydrogen (secondary N) is 1. The summed E-state index contributed by atoms with van der Waals surface area (Å²) in [5, 5.41) is 22.9. The number of aryl methyl sites for hydroxylation is 2. The predicted molar refractivity (Wildman–Crippen MR) is 128 cm³/mol. The molecule has 1 amide bonds. The lowest BCUT2D eigenvalue weighted by molar-refractivity contribution is -0.384. The molecule has 8 nitrogen and oxygen atoms in total. The van der Waals surface area contributed by atoms with Crippen molar-refractivity contribution in [2.24, 2.45) is 0 Å².